The van der Waals surface area contributed by atoms with E-state index in [1.165, 1.54) is 20.2 Å². The maximum Gasteiger partial charge on any atom is 0.279 e. The number of aromatic nitrogens is 1. The lowest BCUT2D eigenvalue weighted by Crippen LogP contribution is -3.28. The van der Waals surface area contributed by atoms with Gasteiger partial charge >= 0.3 is 0 Å². The zero-order valence-corrected chi connectivity index (χ0v) is 18.0. The molecule has 0 spiro atoms. The molecular formula is C23H30N4OS+2. The Kier molecular flexibility index (Phi) is 6.23. The highest BCUT2D eigenvalue weighted by Crippen LogP contribution is 2.20. The Hall–Kier alpha value is -2.28. The molecule has 3 aromatic rings. The fourth-order valence-corrected chi connectivity index (χ4v) is 4.94. The third kappa shape index (κ3) is 5.21. The smallest absolute Gasteiger partial charge is 0.279 e. The van der Waals surface area contributed by atoms with Crippen molar-refractivity contribution in [2.75, 3.05) is 38.0 Å². The largest absolute Gasteiger partial charge is 0.321 e. The highest BCUT2D eigenvalue weighted by Gasteiger charge is 2.25. The number of nitrogens with zero attached hydrogens (tertiary/aromatic N) is 1. The maximum absolute atomic E-state index is 12.4. The Balaban J connectivity index is 1.23. The zero-order chi connectivity index (χ0) is 20.2. The Morgan fingerprint density at radius 2 is 1.72 bits per heavy atom. The van der Waals surface area contributed by atoms with Crippen LogP contribution in [0.15, 0.2) is 48.5 Å². The summed E-state index contributed by atoms with van der Waals surface area (Å²) in [6, 6.07) is 16.5. The molecule has 0 atom stereocenters. The van der Waals surface area contributed by atoms with E-state index in [2.05, 4.69) is 49.5 Å². The number of benzene rings is 2. The van der Waals surface area contributed by atoms with E-state index in [-0.39, 0.29) is 5.91 Å². The van der Waals surface area contributed by atoms with Crippen molar-refractivity contribution in [2.45, 2.75) is 26.3 Å². The summed E-state index contributed by atoms with van der Waals surface area (Å²) in [5.74, 6) is 0.609. The standard InChI is InChI=1S/C23H28N4OS/c1-17(2)18-7-9-19(10-8-18)24-22(28)15-26-11-13-27(14-12-26)16-23-25-20-5-3-4-6-21(20)29-23/h3-10,17H,11-16H2,1-2H3,(H,24,28)/p+2. The highest BCUT2D eigenvalue weighted by atomic mass is 32.1. The summed E-state index contributed by atoms with van der Waals surface area (Å²) in [7, 11) is 0. The monoisotopic (exact) mass is 410 g/mol. The second-order valence-corrected chi connectivity index (χ2v) is 9.37. The van der Waals surface area contributed by atoms with Gasteiger partial charge in [-0.25, -0.2) is 4.98 Å². The zero-order valence-electron chi connectivity index (χ0n) is 17.2. The maximum atomic E-state index is 12.4. The molecule has 2 heterocycles. The summed E-state index contributed by atoms with van der Waals surface area (Å²) in [6.07, 6.45) is 0. The van der Waals surface area contributed by atoms with Gasteiger partial charge in [0.05, 0.1) is 10.2 Å². The van der Waals surface area contributed by atoms with E-state index < -0.39 is 0 Å². The molecule has 3 N–H and O–H groups in total. The molecule has 1 aliphatic rings. The van der Waals surface area contributed by atoms with Crippen LogP contribution >= 0.6 is 11.3 Å². The average molecular weight is 411 g/mol. The van der Waals surface area contributed by atoms with Crippen molar-refractivity contribution < 1.29 is 14.6 Å². The molecular weight excluding hydrogens is 380 g/mol. The van der Waals surface area contributed by atoms with Crippen LogP contribution in [0.1, 0.15) is 30.3 Å². The van der Waals surface area contributed by atoms with Crippen LogP contribution in [0.4, 0.5) is 5.69 Å². The van der Waals surface area contributed by atoms with Crippen LogP contribution < -0.4 is 15.1 Å². The van der Waals surface area contributed by atoms with Gasteiger partial charge in [0.25, 0.3) is 5.91 Å². The topological polar surface area (TPSA) is 50.9 Å². The minimum Gasteiger partial charge on any atom is -0.321 e. The molecule has 29 heavy (non-hydrogen) atoms. The van der Waals surface area contributed by atoms with Gasteiger partial charge < -0.3 is 15.1 Å². The number of nitrogens with one attached hydrogen (secondary N) is 3. The van der Waals surface area contributed by atoms with Crippen molar-refractivity contribution in [1.82, 2.24) is 4.98 Å². The number of hydrogen-bond donors (Lipinski definition) is 3. The Morgan fingerprint density at radius 3 is 2.41 bits per heavy atom. The van der Waals surface area contributed by atoms with Crippen LogP contribution in [-0.2, 0) is 11.3 Å². The van der Waals surface area contributed by atoms with E-state index in [9.17, 15) is 4.79 Å². The van der Waals surface area contributed by atoms with Crippen molar-refractivity contribution in [3.05, 3.63) is 59.1 Å². The van der Waals surface area contributed by atoms with Gasteiger partial charge in [0.15, 0.2) is 6.54 Å². The number of carbonyl (C=O) groups excluding carboxylic acids is 1. The molecule has 0 radical (unpaired) electrons. The van der Waals surface area contributed by atoms with E-state index in [1.54, 1.807) is 16.2 Å². The van der Waals surface area contributed by atoms with Crippen molar-refractivity contribution in [3.8, 4) is 0 Å². The predicted molar refractivity (Wildman–Crippen MR) is 119 cm³/mol. The van der Waals surface area contributed by atoms with Crippen molar-refractivity contribution in [2.24, 2.45) is 0 Å². The molecule has 0 aliphatic carbocycles. The van der Waals surface area contributed by atoms with E-state index in [1.807, 2.05) is 18.2 Å². The van der Waals surface area contributed by atoms with E-state index in [0.717, 1.165) is 43.9 Å². The summed E-state index contributed by atoms with van der Waals surface area (Å²) in [5.41, 5.74) is 3.29. The number of anilines is 1. The number of rotatable bonds is 6. The van der Waals surface area contributed by atoms with Gasteiger partial charge in [0, 0.05) is 5.69 Å². The summed E-state index contributed by atoms with van der Waals surface area (Å²) in [5, 5.41) is 4.26. The van der Waals surface area contributed by atoms with Gasteiger partial charge in [-0.15, -0.1) is 11.3 Å². The van der Waals surface area contributed by atoms with Crippen molar-refractivity contribution in [3.63, 3.8) is 0 Å². The molecule has 1 saturated heterocycles. The van der Waals surface area contributed by atoms with E-state index in [4.69, 9.17) is 4.98 Å². The molecule has 1 aliphatic heterocycles. The first-order valence-electron chi connectivity index (χ1n) is 10.5. The molecule has 4 rings (SSSR count). The van der Waals surface area contributed by atoms with Gasteiger partial charge in [-0.3, -0.25) is 4.79 Å². The van der Waals surface area contributed by atoms with Gasteiger partial charge in [-0.2, -0.15) is 0 Å². The number of piperazine rings is 1. The van der Waals surface area contributed by atoms with Crippen LogP contribution in [0.3, 0.4) is 0 Å². The van der Waals surface area contributed by atoms with E-state index >= 15 is 0 Å². The lowest BCUT2D eigenvalue weighted by molar-refractivity contribution is -1.01. The summed E-state index contributed by atoms with van der Waals surface area (Å²) in [6.45, 7) is 10.1. The number of carbonyl (C=O) groups is 1. The second-order valence-electron chi connectivity index (χ2n) is 8.25. The SMILES string of the molecule is CC(C)c1ccc(NC(=O)C[NH+]2CC[NH+](Cc3nc4ccccc4s3)CC2)cc1. The Morgan fingerprint density at radius 1 is 1.03 bits per heavy atom. The predicted octanol–water partition coefficient (Wildman–Crippen LogP) is 1.34. The molecule has 0 unspecified atom stereocenters. The molecule has 0 bridgehead atoms. The van der Waals surface area contributed by atoms with Gasteiger partial charge in [0.1, 0.15) is 37.7 Å². The number of thiazole rings is 1. The lowest BCUT2D eigenvalue weighted by Gasteiger charge is -2.28. The first kappa shape index (κ1) is 20.0. The van der Waals surface area contributed by atoms with E-state index in [0.29, 0.717) is 12.5 Å². The molecule has 1 aromatic heterocycles. The number of quaternary nitrogens is 2. The third-order valence-corrected chi connectivity index (χ3v) is 6.71. The average Bonchev–Trinajstić information content (AvgIpc) is 3.12. The molecule has 6 heteroatoms. The number of para-hydroxylation sites is 1. The fourth-order valence-electron chi connectivity index (χ4n) is 3.90. The number of fused-ring (bicyclic) bond motifs is 1. The minimum atomic E-state index is 0.104. The molecule has 1 fully saturated rings. The van der Waals surface area contributed by atoms with Gasteiger partial charge in [-0.1, -0.05) is 38.1 Å². The second kappa shape index (κ2) is 9.03. The summed E-state index contributed by atoms with van der Waals surface area (Å²) >= 11 is 1.80. The Bertz CT molecular complexity index is 925. The van der Waals surface area contributed by atoms with Crippen LogP contribution in [0, 0.1) is 0 Å². The Labute approximate surface area is 176 Å². The van der Waals surface area contributed by atoms with Crippen molar-refractivity contribution in [1.29, 1.82) is 0 Å². The van der Waals surface area contributed by atoms with Crippen LogP contribution in [0.2, 0.25) is 0 Å². The molecule has 5 nitrogen and oxygen atoms in total. The normalized spacial score (nSPS) is 19.6. The van der Waals surface area contributed by atoms with Crippen LogP contribution in [0.5, 0.6) is 0 Å². The molecule has 1 amide bonds. The quantitative estimate of drug-likeness (QED) is 0.575. The number of hydrogen-bond acceptors (Lipinski definition) is 3. The van der Waals surface area contributed by atoms with Gasteiger partial charge in [0.2, 0.25) is 0 Å². The third-order valence-electron chi connectivity index (χ3n) is 5.68. The minimum absolute atomic E-state index is 0.104. The van der Waals surface area contributed by atoms with Gasteiger partial charge in [-0.05, 0) is 35.7 Å². The van der Waals surface area contributed by atoms with Crippen LogP contribution in [0.25, 0.3) is 10.2 Å². The van der Waals surface area contributed by atoms with Crippen LogP contribution in [-0.4, -0.2) is 43.6 Å². The van der Waals surface area contributed by atoms with Crippen molar-refractivity contribution >= 4 is 33.1 Å². The summed E-state index contributed by atoms with van der Waals surface area (Å²) < 4.78 is 1.27. The first-order chi connectivity index (χ1) is 14.1. The first-order valence-corrected chi connectivity index (χ1v) is 11.3. The summed E-state index contributed by atoms with van der Waals surface area (Å²) in [4.78, 5) is 20.1. The molecule has 0 saturated carbocycles. The number of amides is 1. The fraction of sp³-hybridized carbons (Fsp3) is 0.391. The molecule has 2 aromatic carbocycles. The lowest BCUT2D eigenvalue weighted by atomic mass is 10.0. The molecule has 152 valence electrons. The highest BCUT2D eigenvalue weighted by molar-refractivity contribution is 7.18.